The van der Waals surface area contributed by atoms with E-state index < -0.39 is 0 Å². The number of nitrogens with zero attached hydrogens (tertiary/aromatic N) is 5. The van der Waals surface area contributed by atoms with Gasteiger partial charge in [-0.2, -0.15) is 10.2 Å². The number of benzene rings is 1. The number of aromatic nitrogens is 5. The average molecular weight is 516 g/mol. The third-order valence-corrected chi connectivity index (χ3v) is 7.16. The Labute approximate surface area is 223 Å². The fourth-order valence-electron chi connectivity index (χ4n) is 5.26. The molecule has 9 nitrogen and oxygen atoms in total. The molecule has 38 heavy (non-hydrogen) atoms. The molecule has 1 aliphatic carbocycles. The molecule has 1 aliphatic rings. The highest BCUT2D eigenvalue weighted by Crippen LogP contribution is 2.37. The lowest BCUT2D eigenvalue weighted by Crippen LogP contribution is -2.31. The van der Waals surface area contributed by atoms with Gasteiger partial charge in [0.15, 0.2) is 0 Å². The Balaban J connectivity index is 1.35. The van der Waals surface area contributed by atoms with E-state index in [4.69, 9.17) is 9.84 Å². The summed E-state index contributed by atoms with van der Waals surface area (Å²) >= 11 is 0. The van der Waals surface area contributed by atoms with Crippen LogP contribution in [0, 0.1) is 6.92 Å². The number of pyridine rings is 1. The lowest BCUT2D eigenvalue weighted by Gasteiger charge is -2.30. The molecule has 1 fully saturated rings. The molecule has 0 radical (unpaired) electrons. The van der Waals surface area contributed by atoms with Gasteiger partial charge < -0.3 is 15.4 Å². The van der Waals surface area contributed by atoms with Gasteiger partial charge >= 0.3 is 0 Å². The number of anilines is 1. The fourth-order valence-corrected chi connectivity index (χ4v) is 5.26. The summed E-state index contributed by atoms with van der Waals surface area (Å²) < 4.78 is 10.4. The van der Waals surface area contributed by atoms with E-state index >= 15 is 0 Å². The summed E-state index contributed by atoms with van der Waals surface area (Å²) in [5.74, 6) is 1.58. The summed E-state index contributed by atoms with van der Waals surface area (Å²) in [5.41, 5.74) is 4.53. The Bertz CT molecular complexity index is 1430. The van der Waals surface area contributed by atoms with Crippen LogP contribution in [0.3, 0.4) is 0 Å². The number of hydrogen-bond acceptors (Lipinski definition) is 6. The van der Waals surface area contributed by atoms with E-state index in [0.29, 0.717) is 5.56 Å². The van der Waals surface area contributed by atoms with Gasteiger partial charge in [0.25, 0.3) is 5.91 Å². The first-order valence-electron chi connectivity index (χ1n) is 13.5. The van der Waals surface area contributed by atoms with Crippen molar-refractivity contribution in [1.29, 1.82) is 0 Å². The van der Waals surface area contributed by atoms with Crippen LogP contribution in [-0.4, -0.2) is 49.1 Å². The van der Waals surface area contributed by atoms with E-state index in [1.165, 1.54) is 0 Å². The highest BCUT2D eigenvalue weighted by molar-refractivity contribution is 5.96. The monoisotopic (exact) mass is 515 g/mol. The lowest BCUT2D eigenvalue weighted by atomic mass is 9.92. The summed E-state index contributed by atoms with van der Waals surface area (Å²) in [7, 11) is 1.92. The molecular weight excluding hydrogens is 478 g/mol. The summed E-state index contributed by atoms with van der Waals surface area (Å²) in [5, 5.41) is 16.8. The van der Waals surface area contributed by atoms with E-state index in [1.807, 2.05) is 64.6 Å². The Morgan fingerprint density at radius 3 is 2.66 bits per heavy atom. The molecular formula is C29H37N7O2. The van der Waals surface area contributed by atoms with Crippen molar-refractivity contribution in [1.82, 2.24) is 29.9 Å². The first-order chi connectivity index (χ1) is 18.3. The van der Waals surface area contributed by atoms with Gasteiger partial charge in [-0.05, 0) is 65.5 Å². The van der Waals surface area contributed by atoms with Crippen LogP contribution in [0.2, 0.25) is 0 Å². The zero-order valence-corrected chi connectivity index (χ0v) is 22.9. The zero-order chi connectivity index (χ0) is 26.8. The topological polar surface area (TPSA) is 98.9 Å². The van der Waals surface area contributed by atoms with Crippen molar-refractivity contribution in [3.63, 3.8) is 0 Å². The molecule has 5 rings (SSSR count). The molecule has 9 heteroatoms. The minimum atomic E-state index is -0.0620. The van der Waals surface area contributed by atoms with Crippen molar-refractivity contribution in [2.45, 2.75) is 71.6 Å². The highest BCUT2D eigenvalue weighted by atomic mass is 16.5. The summed E-state index contributed by atoms with van der Waals surface area (Å²) in [4.78, 5) is 17.2. The quantitative estimate of drug-likeness (QED) is 0.332. The minimum Gasteiger partial charge on any atom is -0.490 e. The molecule has 0 aliphatic heterocycles. The maximum atomic E-state index is 12.6. The largest absolute Gasteiger partial charge is 0.490 e. The molecule has 3 heterocycles. The van der Waals surface area contributed by atoms with Gasteiger partial charge in [-0.15, -0.1) is 0 Å². The third-order valence-electron chi connectivity index (χ3n) is 7.16. The standard InChI is InChI=1S/C29H37N7O2/c1-6-30-27-14-25-24(16-31-27)28(20-15-32-35(5)17-20)34-36(25)21-10-12-22(13-11-21)38-26-9-7-8-23(19(26)4)29(37)33-18(2)3/h7-9,14-18,21-22H,6,10-13H2,1-5H3,(H,30,31)(H,33,37)/t21-,22+. The van der Waals surface area contributed by atoms with Gasteiger partial charge in [-0.25, -0.2) is 4.98 Å². The number of amides is 1. The molecule has 0 atom stereocenters. The van der Waals surface area contributed by atoms with E-state index in [1.54, 1.807) is 4.68 Å². The number of hydrogen-bond donors (Lipinski definition) is 2. The number of nitrogens with one attached hydrogen (secondary N) is 2. The number of carbonyl (C=O) groups is 1. The van der Waals surface area contributed by atoms with Gasteiger partial charge in [0.05, 0.1) is 23.9 Å². The Kier molecular flexibility index (Phi) is 7.35. The number of rotatable bonds is 8. The minimum absolute atomic E-state index is 0.0620. The number of carbonyl (C=O) groups excluding carboxylic acids is 1. The molecule has 1 aromatic carbocycles. The molecule has 1 saturated carbocycles. The van der Waals surface area contributed by atoms with E-state index in [2.05, 4.69) is 38.4 Å². The molecule has 0 unspecified atom stereocenters. The smallest absolute Gasteiger partial charge is 0.251 e. The summed E-state index contributed by atoms with van der Waals surface area (Å²) in [6.07, 6.45) is 9.62. The lowest BCUT2D eigenvalue weighted by molar-refractivity contribution is 0.0940. The second-order valence-corrected chi connectivity index (χ2v) is 10.4. The molecule has 4 aromatic rings. The summed E-state index contributed by atoms with van der Waals surface area (Å²) in [6.45, 7) is 8.77. The van der Waals surface area contributed by atoms with Gasteiger partial charge in [-0.3, -0.25) is 14.2 Å². The van der Waals surface area contributed by atoms with Crippen LogP contribution >= 0.6 is 0 Å². The van der Waals surface area contributed by atoms with Gasteiger partial charge in [0, 0.05) is 60.2 Å². The first-order valence-corrected chi connectivity index (χ1v) is 13.5. The van der Waals surface area contributed by atoms with Crippen molar-refractivity contribution in [2.24, 2.45) is 7.05 Å². The highest BCUT2D eigenvalue weighted by Gasteiger charge is 2.27. The van der Waals surface area contributed by atoms with E-state index in [9.17, 15) is 4.79 Å². The number of fused-ring (bicyclic) bond motifs is 1. The van der Waals surface area contributed by atoms with Crippen LogP contribution in [0.25, 0.3) is 22.2 Å². The van der Waals surface area contributed by atoms with Crippen LogP contribution in [0.1, 0.15) is 68.4 Å². The van der Waals surface area contributed by atoms with Crippen LogP contribution < -0.4 is 15.4 Å². The predicted molar refractivity (Wildman–Crippen MR) is 150 cm³/mol. The molecule has 200 valence electrons. The van der Waals surface area contributed by atoms with Crippen LogP contribution in [0.15, 0.2) is 42.9 Å². The molecule has 3 aromatic heterocycles. The second-order valence-electron chi connectivity index (χ2n) is 10.4. The first kappa shape index (κ1) is 25.8. The maximum Gasteiger partial charge on any atom is 0.251 e. The average Bonchev–Trinajstić information content (AvgIpc) is 3.49. The molecule has 2 N–H and O–H groups in total. The van der Waals surface area contributed by atoms with Crippen molar-refractivity contribution >= 4 is 22.6 Å². The fraction of sp³-hybridized carbons (Fsp3) is 0.448. The van der Waals surface area contributed by atoms with Crippen molar-refractivity contribution < 1.29 is 9.53 Å². The van der Waals surface area contributed by atoms with Crippen LogP contribution in [0.4, 0.5) is 5.82 Å². The molecule has 0 spiro atoms. The summed E-state index contributed by atoms with van der Waals surface area (Å²) in [6, 6.07) is 8.17. The Hall–Kier alpha value is -3.88. The molecule has 0 bridgehead atoms. The molecule has 0 saturated heterocycles. The third kappa shape index (κ3) is 5.23. The Morgan fingerprint density at radius 1 is 1.18 bits per heavy atom. The van der Waals surface area contributed by atoms with Crippen molar-refractivity contribution in [3.05, 3.63) is 54.0 Å². The zero-order valence-electron chi connectivity index (χ0n) is 22.9. The second kappa shape index (κ2) is 10.8. The van der Waals surface area contributed by atoms with Crippen LogP contribution in [-0.2, 0) is 7.05 Å². The Morgan fingerprint density at radius 2 is 1.97 bits per heavy atom. The predicted octanol–water partition coefficient (Wildman–Crippen LogP) is 5.27. The number of aryl methyl sites for hydroxylation is 1. The van der Waals surface area contributed by atoms with Crippen molar-refractivity contribution in [2.75, 3.05) is 11.9 Å². The van der Waals surface area contributed by atoms with Gasteiger partial charge in [0.2, 0.25) is 0 Å². The van der Waals surface area contributed by atoms with Crippen molar-refractivity contribution in [3.8, 4) is 17.0 Å². The maximum absolute atomic E-state index is 12.6. The van der Waals surface area contributed by atoms with Gasteiger partial charge in [-0.1, -0.05) is 6.07 Å². The SMILES string of the molecule is CCNc1cc2c(cn1)c(-c1cnn(C)c1)nn2[C@H]1CC[C@@H](Oc2cccc(C(=O)NC(C)C)c2C)CC1. The number of ether oxygens (including phenoxy) is 1. The van der Waals surface area contributed by atoms with E-state index in [-0.39, 0.29) is 24.1 Å². The van der Waals surface area contributed by atoms with Crippen LogP contribution in [0.5, 0.6) is 5.75 Å². The normalized spacial score (nSPS) is 17.6. The van der Waals surface area contributed by atoms with E-state index in [0.717, 1.165) is 71.5 Å². The van der Waals surface area contributed by atoms with Gasteiger partial charge in [0.1, 0.15) is 17.3 Å². The molecule has 1 amide bonds.